The van der Waals surface area contributed by atoms with Gasteiger partial charge in [-0.3, -0.25) is 10.2 Å². The fourth-order valence-electron chi connectivity index (χ4n) is 9.39. The lowest BCUT2D eigenvalue weighted by Crippen LogP contribution is -2.83. The molecule has 1 unspecified atom stereocenters. The molecule has 6 heteroatoms. The van der Waals surface area contributed by atoms with E-state index in [2.05, 4.69) is 31.7 Å². The van der Waals surface area contributed by atoms with Gasteiger partial charge in [0.05, 0.1) is 5.60 Å². The van der Waals surface area contributed by atoms with Gasteiger partial charge in [0.1, 0.15) is 11.7 Å². The Kier molecular flexibility index (Phi) is 4.07. The second-order valence-electron chi connectivity index (χ2n) is 13.7. The Morgan fingerprint density at radius 1 is 1.15 bits per heavy atom. The van der Waals surface area contributed by atoms with Gasteiger partial charge in [0, 0.05) is 34.9 Å². The number of phenols is 1. The van der Waals surface area contributed by atoms with Gasteiger partial charge in [-0.25, -0.2) is 4.89 Å². The average Bonchev–Trinajstić information content (AvgIpc) is 3.53. The van der Waals surface area contributed by atoms with Gasteiger partial charge >= 0.3 is 0 Å². The monoisotopic (exact) mass is 469 g/mol. The number of aliphatic hydroxyl groups is 1. The second-order valence-corrected chi connectivity index (χ2v) is 13.7. The third-order valence-corrected chi connectivity index (χ3v) is 11.6. The van der Waals surface area contributed by atoms with Crippen LogP contribution in [0, 0.1) is 22.7 Å². The van der Waals surface area contributed by atoms with Crippen LogP contribution in [-0.2, 0) is 16.7 Å². The third kappa shape index (κ3) is 2.24. The SMILES string of the molecule is CC(C)(C)[C@@](C)(O)[C@H]1C[C@@]23CCC1(OO)[C@@H]1Oc4c(O)ccc5c4[C@@]12CCN(CC1CC1)[C@@H]3C5. The molecule has 0 aromatic heterocycles. The zero-order chi connectivity index (χ0) is 23.9. The van der Waals surface area contributed by atoms with Gasteiger partial charge in [0.2, 0.25) is 0 Å². The average molecular weight is 470 g/mol. The number of rotatable bonds is 4. The van der Waals surface area contributed by atoms with Crippen LogP contribution in [0.25, 0.3) is 0 Å². The van der Waals surface area contributed by atoms with Crippen LogP contribution in [0.2, 0.25) is 0 Å². The van der Waals surface area contributed by atoms with Crippen molar-refractivity contribution in [3.8, 4) is 11.5 Å². The van der Waals surface area contributed by atoms with Crippen molar-refractivity contribution < 1.29 is 25.1 Å². The largest absolute Gasteiger partial charge is 0.504 e. The summed E-state index contributed by atoms with van der Waals surface area (Å²) in [6, 6.07) is 4.25. The van der Waals surface area contributed by atoms with Crippen LogP contribution in [0.5, 0.6) is 11.5 Å². The molecule has 5 fully saturated rings. The van der Waals surface area contributed by atoms with E-state index in [1.54, 1.807) is 6.07 Å². The van der Waals surface area contributed by atoms with Crippen LogP contribution < -0.4 is 4.74 Å². The summed E-state index contributed by atoms with van der Waals surface area (Å²) in [6.45, 7) is 10.3. The molecule has 4 saturated carbocycles. The topological polar surface area (TPSA) is 82.4 Å². The highest BCUT2D eigenvalue weighted by atomic mass is 17.1. The molecule has 34 heavy (non-hydrogen) atoms. The first-order chi connectivity index (χ1) is 16.0. The number of ether oxygens (including phenoxy) is 1. The maximum absolute atomic E-state index is 12.1. The standard InChI is InChI=1S/C28H39NO5/c1-24(2,3)25(4,31)19-14-26-9-10-28(19,34-32)23-27(26)11-12-29(15-16-5-6-16)20(26)13-17-7-8-18(30)22(33-23)21(17)27/h7-8,16,19-20,23,30-32H,5-6,9-15H2,1-4H3/t19-,20-,23-,25+,26-,27+,28?/m1/s1. The lowest BCUT2D eigenvalue weighted by molar-refractivity contribution is -0.417. The van der Waals surface area contributed by atoms with Gasteiger partial charge in [-0.2, -0.15) is 0 Å². The summed E-state index contributed by atoms with van der Waals surface area (Å²) < 4.78 is 6.73. The summed E-state index contributed by atoms with van der Waals surface area (Å²) in [6.07, 6.45) is 6.58. The highest BCUT2D eigenvalue weighted by Gasteiger charge is 2.83. The van der Waals surface area contributed by atoms with E-state index in [1.165, 1.54) is 24.0 Å². The number of nitrogens with zero attached hydrogens (tertiary/aromatic N) is 1. The van der Waals surface area contributed by atoms with Crippen molar-refractivity contribution in [3.05, 3.63) is 23.3 Å². The van der Waals surface area contributed by atoms with Crippen molar-refractivity contribution in [3.63, 3.8) is 0 Å². The minimum Gasteiger partial charge on any atom is -0.504 e. The van der Waals surface area contributed by atoms with E-state index in [4.69, 9.17) is 9.62 Å². The van der Waals surface area contributed by atoms with E-state index in [-0.39, 0.29) is 22.5 Å². The van der Waals surface area contributed by atoms with Crippen molar-refractivity contribution in [2.75, 3.05) is 13.1 Å². The van der Waals surface area contributed by atoms with Crippen LogP contribution in [0.1, 0.15) is 77.3 Å². The fraction of sp³-hybridized carbons (Fsp3) is 0.786. The first-order valence-electron chi connectivity index (χ1n) is 13.3. The molecule has 1 saturated heterocycles. The molecule has 0 amide bonds. The van der Waals surface area contributed by atoms with Crippen molar-refractivity contribution >= 4 is 0 Å². The van der Waals surface area contributed by atoms with Gasteiger partial charge in [0.25, 0.3) is 0 Å². The first kappa shape index (κ1) is 21.9. The van der Waals surface area contributed by atoms with E-state index in [0.717, 1.165) is 44.7 Å². The second kappa shape index (κ2) is 6.31. The van der Waals surface area contributed by atoms with E-state index < -0.39 is 22.7 Å². The summed E-state index contributed by atoms with van der Waals surface area (Å²) >= 11 is 0. The summed E-state index contributed by atoms with van der Waals surface area (Å²) in [5.41, 5.74) is -0.397. The molecule has 0 radical (unpaired) electrons. The predicted molar refractivity (Wildman–Crippen MR) is 127 cm³/mol. The van der Waals surface area contributed by atoms with Gasteiger partial charge in [0.15, 0.2) is 11.5 Å². The Bertz CT molecular complexity index is 1060. The highest BCUT2D eigenvalue weighted by molar-refractivity contribution is 5.63. The molecule has 7 aliphatic rings. The van der Waals surface area contributed by atoms with Crippen LogP contribution >= 0.6 is 0 Å². The van der Waals surface area contributed by atoms with Crippen molar-refractivity contribution in [1.82, 2.24) is 4.90 Å². The molecule has 3 N–H and O–H groups in total. The minimum atomic E-state index is -1.07. The molecule has 4 bridgehead atoms. The number of benzene rings is 1. The van der Waals surface area contributed by atoms with Crippen molar-refractivity contribution in [2.24, 2.45) is 22.7 Å². The molecule has 2 spiro atoms. The fourth-order valence-corrected chi connectivity index (χ4v) is 9.39. The van der Waals surface area contributed by atoms with E-state index in [1.807, 2.05) is 6.92 Å². The zero-order valence-corrected chi connectivity index (χ0v) is 20.9. The predicted octanol–water partition coefficient (Wildman–Crippen LogP) is 4.26. The molecule has 1 aromatic rings. The minimum absolute atomic E-state index is 0.0724. The lowest BCUT2D eigenvalue weighted by atomic mass is 9.33. The highest BCUT2D eigenvalue weighted by Crippen LogP contribution is 2.78. The number of phenolic OH excluding ortho intramolecular Hbond substituents is 1. The molecule has 7 atom stereocenters. The Balaban J connectivity index is 1.47. The number of hydrogen-bond donors (Lipinski definition) is 3. The van der Waals surface area contributed by atoms with Gasteiger partial charge in [-0.1, -0.05) is 26.8 Å². The van der Waals surface area contributed by atoms with E-state index in [9.17, 15) is 15.5 Å². The Hall–Kier alpha value is -1.34. The van der Waals surface area contributed by atoms with Gasteiger partial charge < -0.3 is 14.9 Å². The molecule has 8 rings (SSSR count). The van der Waals surface area contributed by atoms with Crippen LogP contribution in [0.3, 0.4) is 0 Å². The Morgan fingerprint density at radius 2 is 1.91 bits per heavy atom. The van der Waals surface area contributed by atoms with Crippen molar-refractivity contribution in [2.45, 2.75) is 101 Å². The number of aromatic hydroxyl groups is 1. The van der Waals surface area contributed by atoms with Crippen LogP contribution in [0.4, 0.5) is 0 Å². The summed E-state index contributed by atoms with van der Waals surface area (Å²) in [5, 5.41) is 33.6. The normalized spacial score (nSPS) is 43.9. The van der Waals surface area contributed by atoms with E-state index >= 15 is 0 Å². The quantitative estimate of drug-likeness (QED) is 0.452. The summed E-state index contributed by atoms with van der Waals surface area (Å²) in [4.78, 5) is 8.32. The molecule has 1 aromatic carbocycles. The molecule has 2 heterocycles. The molecule has 6 nitrogen and oxygen atoms in total. The maximum Gasteiger partial charge on any atom is 0.165 e. The maximum atomic E-state index is 12.1. The van der Waals surface area contributed by atoms with E-state index in [0.29, 0.717) is 18.2 Å². The third-order valence-electron chi connectivity index (χ3n) is 11.6. The lowest BCUT2D eigenvalue weighted by Gasteiger charge is -2.75. The summed E-state index contributed by atoms with van der Waals surface area (Å²) in [7, 11) is 0. The molecule has 5 aliphatic carbocycles. The molecule has 186 valence electrons. The number of piperidine rings is 1. The van der Waals surface area contributed by atoms with Crippen LogP contribution in [-0.4, -0.2) is 56.8 Å². The molecular weight excluding hydrogens is 430 g/mol. The zero-order valence-electron chi connectivity index (χ0n) is 20.9. The number of hydrogen-bond acceptors (Lipinski definition) is 6. The van der Waals surface area contributed by atoms with Gasteiger partial charge in [-0.15, -0.1) is 0 Å². The van der Waals surface area contributed by atoms with Crippen LogP contribution in [0.15, 0.2) is 12.1 Å². The smallest absolute Gasteiger partial charge is 0.165 e. The Labute approximate surface area is 202 Å². The Morgan fingerprint density at radius 3 is 2.59 bits per heavy atom. The molecular formula is C28H39NO5. The van der Waals surface area contributed by atoms with Gasteiger partial charge in [-0.05, 0) is 81.4 Å². The van der Waals surface area contributed by atoms with Crippen molar-refractivity contribution in [1.29, 1.82) is 0 Å². The number of likely N-dealkylation sites (tertiary alicyclic amines) is 1. The first-order valence-corrected chi connectivity index (χ1v) is 13.3. The molecule has 2 aliphatic heterocycles. The summed E-state index contributed by atoms with van der Waals surface area (Å²) in [5.74, 6) is 1.32. The number of fused-ring (bicyclic) bond motifs is 2.